The fourth-order valence-electron chi connectivity index (χ4n) is 3.02. The van der Waals surface area contributed by atoms with Crippen molar-refractivity contribution in [3.8, 4) is 5.75 Å². The second-order valence-electron chi connectivity index (χ2n) is 7.14. The van der Waals surface area contributed by atoms with Gasteiger partial charge in [0.2, 0.25) is 19.4 Å². The number of thioether (sulfide) groups is 1. The van der Waals surface area contributed by atoms with Crippen LogP contribution in [0.2, 0.25) is 0 Å². The van der Waals surface area contributed by atoms with E-state index in [1.54, 1.807) is 24.3 Å². The molecule has 0 saturated heterocycles. The summed E-state index contributed by atoms with van der Waals surface area (Å²) in [5, 5.41) is 13.5. The summed E-state index contributed by atoms with van der Waals surface area (Å²) in [7, 11) is -3.56. The van der Waals surface area contributed by atoms with E-state index < -0.39 is 15.7 Å². The molecule has 2 aromatic carbocycles. The molecule has 32 heavy (non-hydrogen) atoms. The van der Waals surface area contributed by atoms with E-state index in [0.29, 0.717) is 17.9 Å². The molecule has 0 bridgehead atoms. The van der Waals surface area contributed by atoms with Crippen molar-refractivity contribution >= 4 is 49.0 Å². The van der Waals surface area contributed by atoms with Crippen LogP contribution in [0.25, 0.3) is 6.08 Å². The number of carbonyl (C=O) groups is 1. The molecule has 0 unspecified atom stereocenters. The summed E-state index contributed by atoms with van der Waals surface area (Å²) < 4.78 is 29.8. The van der Waals surface area contributed by atoms with Crippen molar-refractivity contribution in [2.45, 2.75) is 20.5 Å². The Morgan fingerprint density at radius 1 is 1.19 bits per heavy atom. The zero-order chi connectivity index (χ0) is 22.9. The third-order valence-electron chi connectivity index (χ3n) is 4.76. The average molecular weight is 469 g/mol. The van der Waals surface area contributed by atoms with Gasteiger partial charge >= 0.3 is 0 Å². The van der Waals surface area contributed by atoms with Crippen molar-refractivity contribution in [2.75, 3.05) is 5.75 Å². The molecule has 0 spiro atoms. The van der Waals surface area contributed by atoms with Crippen LogP contribution >= 0.6 is 11.8 Å². The zero-order valence-corrected chi connectivity index (χ0v) is 19.0. The Labute approximate surface area is 190 Å². The van der Waals surface area contributed by atoms with Crippen LogP contribution in [0.5, 0.6) is 5.75 Å². The van der Waals surface area contributed by atoms with E-state index in [1.807, 2.05) is 25.1 Å². The Morgan fingerprint density at radius 3 is 2.62 bits per heavy atom. The summed E-state index contributed by atoms with van der Waals surface area (Å²) in [5.74, 6) is -0.274. The van der Waals surface area contributed by atoms with E-state index in [4.69, 9.17) is 10.1 Å². The maximum absolute atomic E-state index is 12.5. The van der Waals surface area contributed by atoms with Gasteiger partial charge in [-0.1, -0.05) is 48.9 Å². The normalized spacial score (nSPS) is 17.3. The number of hydrogen-bond acceptors (Lipinski definition) is 7. The number of nitrogens with zero attached hydrogens (tertiary/aromatic N) is 3. The number of amides is 1. The topological polar surface area (TPSA) is 112 Å². The Kier molecular flexibility index (Phi) is 5.98. The number of rotatable bonds is 5. The lowest BCUT2D eigenvalue weighted by Gasteiger charge is -2.20. The van der Waals surface area contributed by atoms with Crippen LogP contribution in [0.4, 0.5) is 0 Å². The first-order valence-electron chi connectivity index (χ1n) is 9.78. The van der Waals surface area contributed by atoms with Crippen LogP contribution in [0.15, 0.2) is 64.2 Å². The van der Waals surface area contributed by atoms with Gasteiger partial charge in [-0.05, 0) is 48.0 Å². The maximum Gasteiger partial charge on any atom is 0.283 e. The van der Waals surface area contributed by atoms with Crippen LogP contribution in [-0.2, 0) is 21.2 Å². The van der Waals surface area contributed by atoms with Crippen LogP contribution in [0.1, 0.15) is 23.6 Å². The highest BCUT2D eigenvalue weighted by Crippen LogP contribution is 2.30. The van der Waals surface area contributed by atoms with Gasteiger partial charge < -0.3 is 4.74 Å². The minimum Gasteiger partial charge on any atom is -0.489 e. The molecule has 0 radical (unpaired) electrons. The third kappa shape index (κ3) is 4.51. The van der Waals surface area contributed by atoms with Crippen LogP contribution in [0, 0.1) is 12.3 Å². The molecule has 0 atom stereocenters. The fraction of sp³-hybridized carbons (Fsp3) is 0.182. The monoisotopic (exact) mass is 468 g/mol. The maximum atomic E-state index is 12.5. The molecule has 2 heterocycles. The third-order valence-corrected chi connectivity index (χ3v) is 7.85. The number of aryl methyl sites for hydroxylation is 1. The molecule has 0 aliphatic carbocycles. The molecule has 0 aromatic heterocycles. The summed E-state index contributed by atoms with van der Waals surface area (Å²) in [6, 6.07) is 15.2. The van der Waals surface area contributed by atoms with E-state index in [2.05, 4.69) is 16.2 Å². The molecular formula is C22H20N4O4S2. The largest absolute Gasteiger partial charge is 0.489 e. The van der Waals surface area contributed by atoms with E-state index in [9.17, 15) is 13.2 Å². The van der Waals surface area contributed by atoms with Gasteiger partial charge in [0.15, 0.2) is 5.84 Å². The van der Waals surface area contributed by atoms with Gasteiger partial charge in [-0.2, -0.15) is 10.0 Å². The summed E-state index contributed by atoms with van der Waals surface area (Å²) >= 11 is 0.781. The fourth-order valence-corrected chi connectivity index (χ4v) is 5.18. The predicted molar refractivity (Wildman–Crippen MR) is 126 cm³/mol. The molecule has 1 amide bonds. The van der Waals surface area contributed by atoms with Gasteiger partial charge in [0.25, 0.3) is 5.91 Å². The highest BCUT2D eigenvalue weighted by atomic mass is 32.3. The number of hydrogen-bond donors (Lipinski definition) is 1. The molecule has 164 valence electrons. The summed E-state index contributed by atoms with van der Waals surface area (Å²) in [6.45, 7) is 3.97. The van der Waals surface area contributed by atoms with Crippen molar-refractivity contribution in [1.82, 2.24) is 5.01 Å². The quantitative estimate of drug-likeness (QED) is 0.671. The lowest BCUT2D eigenvalue weighted by atomic mass is 10.1. The Hall–Kier alpha value is -3.24. The van der Waals surface area contributed by atoms with Gasteiger partial charge in [0.1, 0.15) is 12.4 Å². The summed E-state index contributed by atoms with van der Waals surface area (Å²) in [4.78, 5) is 16.4. The molecule has 0 fully saturated rings. The SMILES string of the molecule is CCS(=O)(=O)C1=NN2C(=N)/C(=C\c3ccc(OCc4cccc(C)c4)cc3)C(=O)N=C2S1. The number of amidine groups is 2. The second-order valence-corrected chi connectivity index (χ2v) is 10.5. The lowest BCUT2D eigenvalue weighted by molar-refractivity contribution is -0.114. The smallest absolute Gasteiger partial charge is 0.283 e. The number of fused-ring (bicyclic) bond motifs is 1. The van der Waals surface area contributed by atoms with Gasteiger partial charge in [-0.15, -0.1) is 5.10 Å². The molecule has 8 nitrogen and oxygen atoms in total. The summed E-state index contributed by atoms with van der Waals surface area (Å²) in [5.41, 5.74) is 2.94. The minimum absolute atomic E-state index is 0.0293. The molecule has 10 heteroatoms. The number of nitrogens with one attached hydrogen (secondary N) is 1. The van der Waals surface area contributed by atoms with Crippen LogP contribution in [0.3, 0.4) is 0 Å². The predicted octanol–water partition coefficient (Wildman–Crippen LogP) is 3.59. The van der Waals surface area contributed by atoms with E-state index >= 15 is 0 Å². The zero-order valence-electron chi connectivity index (χ0n) is 17.4. The highest BCUT2D eigenvalue weighted by Gasteiger charge is 2.39. The lowest BCUT2D eigenvalue weighted by Crippen LogP contribution is -2.35. The number of benzene rings is 2. The van der Waals surface area contributed by atoms with Crippen molar-refractivity contribution < 1.29 is 17.9 Å². The van der Waals surface area contributed by atoms with E-state index in [0.717, 1.165) is 22.3 Å². The Balaban J connectivity index is 1.50. The molecule has 2 aliphatic rings. The average Bonchev–Trinajstić information content (AvgIpc) is 3.21. The van der Waals surface area contributed by atoms with Crippen LogP contribution in [-0.4, -0.2) is 40.5 Å². The molecule has 4 rings (SSSR count). The number of hydrazone groups is 1. The van der Waals surface area contributed by atoms with Gasteiger partial charge in [0, 0.05) is 0 Å². The minimum atomic E-state index is -3.56. The van der Waals surface area contributed by atoms with Crippen molar-refractivity contribution in [2.24, 2.45) is 10.1 Å². The Morgan fingerprint density at radius 2 is 1.94 bits per heavy atom. The molecule has 2 aliphatic heterocycles. The molecule has 2 aromatic rings. The molecule has 1 N–H and O–H groups in total. The second kappa shape index (κ2) is 8.71. The van der Waals surface area contributed by atoms with Crippen molar-refractivity contribution in [3.63, 3.8) is 0 Å². The first-order valence-corrected chi connectivity index (χ1v) is 12.2. The number of ether oxygens (including phenoxy) is 1. The van der Waals surface area contributed by atoms with Gasteiger partial charge in [-0.25, -0.2) is 8.42 Å². The van der Waals surface area contributed by atoms with Crippen molar-refractivity contribution in [3.05, 3.63) is 70.8 Å². The number of sulfone groups is 1. The number of aliphatic imine (C=N–C) groups is 1. The van der Waals surface area contributed by atoms with E-state index in [-0.39, 0.29) is 26.7 Å². The molecular weight excluding hydrogens is 448 g/mol. The molecule has 0 saturated carbocycles. The van der Waals surface area contributed by atoms with Gasteiger partial charge in [-0.3, -0.25) is 10.2 Å². The van der Waals surface area contributed by atoms with Crippen molar-refractivity contribution in [1.29, 1.82) is 5.41 Å². The van der Waals surface area contributed by atoms with Gasteiger partial charge in [0.05, 0.1) is 11.3 Å². The number of carbonyl (C=O) groups excluding carboxylic acids is 1. The Bertz CT molecular complexity index is 1300. The standard InChI is InChI=1S/C22H20N4O4S2/c1-3-32(28,29)22-25-26-19(23)18(20(27)24-21(26)31-22)12-15-7-9-17(10-8-15)30-13-16-6-4-5-14(2)11-16/h4-12,23H,3,13H2,1-2H3/b18-12+,23-19?. The summed E-state index contributed by atoms with van der Waals surface area (Å²) in [6.07, 6.45) is 1.53. The highest BCUT2D eigenvalue weighted by molar-refractivity contribution is 8.42. The van der Waals surface area contributed by atoms with Crippen LogP contribution < -0.4 is 4.74 Å². The first kappa shape index (κ1) is 22.0. The van der Waals surface area contributed by atoms with E-state index in [1.165, 1.54) is 18.6 Å². The first-order chi connectivity index (χ1) is 15.3.